The van der Waals surface area contributed by atoms with Crippen LogP contribution in [-0.2, 0) is 11.3 Å². The summed E-state index contributed by atoms with van der Waals surface area (Å²) in [7, 11) is 1.86. The van der Waals surface area contributed by atoms with Crippen molar-refractivity contribution in [2.24, 2.45) is 0 Å². The van der Waals surface area contributed by atoms with Gasteiger partial charge in [0.05, 0.1) is 6.54 Å². The summed E-state index contributed by atoms with van der Waals surface area (Å²) in [6.07, 6.45) is 1.91. The quantitative estimate of drug-likeness (QED) is 0.879. The molecule has 0 spiro atoms. The molecule has 3 rings (SSSR count). The van der Waals surface area contributed by atoms with Gasteiger partial charge >= 0.3 is 6.03 Å². The Morgan fingerprint density at radius 3 is 2.78 bits per heavy atom. The molecule has 1 N–H and O–H groups in total. The third-order valence-corrected chi connectivity index (χ3v) is 5.40. The van der Waals surface area contributed by atoms with Crippen LogP contribution in [0.15, 0.2) is 16.8 Å². The minimum atomic E-state index is 0.0648. The molecule has 7 heteroatoms. The van der Waals surface area contributed by atoms with Crippen LogP contribution in [0.4, 0.5) is 4.79 Å². The van der Waals surface area contributed by atoms with Gasteiger partial charge in [0.25, 0.3) is 0 Å². The van der Waals surface area contributed by atoms with Gasteiger partial charge in [-0.15, -0.1) is 0 Å². The number of likely N-dealkylation sites (tertiary alicyclic amines) is 1. The maximum Gasteiger partial charge on any atom is 0.317 e. The van der Waals surface area contributed by atoms with Crippen molar-refractivity contribution in [3.63, 3.8) is 0 Å². The Morgan fingerprint density at radius 2 is 2.17 bits per heavy atom. The average Bonchev–Trinajstić information content (AvgIpc) is 3.19. The zero-order valence-corrected chi connectivity index (χ0v) is 14.3. The van der Waals surface area contributed by atoms with Crippen LogP contribution in [-0.4, -0.2) is 72.5 Å². The van der Waals surface area contributed by atoms with Gasteiger partial charge in [-0.25, -0.2) is 4.79 Å². The number of hydrogen-bond donors (Lipinski definition) is 1. The van der Waals surface area contributed by atoms with Crippen LogP contribution < -0.4 is 5.32 Å². The lowest BCUT2D eigenvalue weighted by molar-refractivity contribution is -0.132. The molecule has 0 atom stereocenters. The summed E-state index contributed by atoms with van der Waals surface area (Å²) >= 11 is 1.66. The van der Waals surface area contributed by atoms with Crippen LogP contribution in [0.25, 0.3) is 0 Å². The Hall–Kier alpha value is -1.60. The Morgan fingerprint density at radius 1 is 1.39 bits per heavy atom. The largest absolute Gasteiger partial charge is 0.340 e. The maximum absolute atomic E-state index is 12.3. The van der Waals surface area contributed by atoms with E-state index in [4.69, 9.17) is 0 Å². The number of amides is 3. The zero-order chi connectivity index (χ0) is 16.2. The number of likely N-dealkylation sites (N-methyl/N-ethyl adjacent to an activating group) is 1. The van der Waals surface area contributed by atoms with Crippen molar-refractivity contribution in [3.05, 3.63) is 22.4 Å². The lowest BCUT2D eigenvalue weighted by atomic mass is 10.0. The molecule has 0 bridgehead atoms. The first-order valence-corrected chi connectivity index (χ1v) is 9.09. The van der Waals surface area contributed by atoms with E-state index < -0.39 is 0 Å². The Bertz CT molecular complexity index is 540. The molecule has 2 saturated heterocycles. The number of nitrogens with one attached hydrogen (secondary N) is 1. The summed E-state index contributed by atoms with van der Waals surface area (Å²) in [5.41, 5.74) is 1.18. The summed E-state index contributed by atoms with van der Waals surface area (Å²) in [4.78, 5) is 30.0. The van der Waals surface area contributed by atoms with E-state index in [1.165, 1.54) is 5.56 Å². The van der Waals surface area contributed by atoms with E-state index in [1.807, 2.05) is 17.3 Å². The molecule has 3 amide bonds. The standard InChI is InChI=1S/C16H24N4O2S/c1-18(10-13-4-9-23-12-13)15(21)11-19-6-2-14(3-7-19)20-8-5-17-16(20)22/h4,9,12,14H,2-3,5-8,10-11H2,1H3,(H,17,22). The highest BCUT2D eigenvalue weighted by Crippen LogP contribution is 2.18. The third-order valence-electron chi connectivity index (χ3n) is 4.67. The van der Waals surface area contributed by atoms with E-state index in [-0.39, 0.29) is 11.9 Å². The van der Waals surface area contributed by atoms with Gasteiger partial charge in [0, 0.05) is 45.8 Å². The van der Waals surface area contributed by atoms with Crippen LogP contribution >= 0.6 is 11.3 Å². The fourth-order valence-corrected chi connectivity index (χ4v) is 3.94. The topological polar surface area (TPSA) is 55.9 Å². The van der Waals surface area contributed by atoms with Gasteiger partial charge in [-0.1, -0.05) is 0 Å². The first-order valence-electron chi connectivity index (χ1n) is 8.15. The Labute approximate surface area is 141 Å². The van der Waals surface area contributed by atoms with Crippen molar-refractivity contribution in [2.45, 2.75) is 25.4 Å². The minimum absolute atomic E-state index is 0.0648. The van der Waals surface area contributed by atoms with Crippen LogP contribution in [0.3, 0.4) is 0 Å². The highest BCUT2D eigenvalue weighted by atomic mass is 32.1. The van der Waals surface area contributed by atoms with Crippen LogP contribution in [0, 0.1) is 0 Å². The Balaban J connectivity index is 1.43. The zero-order valence-electron chi connectivity index (χ0n) is 13.5. The highest BCUT2D eigenvalue weighted by Gasteiger charge is 2.31. The summed E-state index contributed by atoms with van der Waals surface area (Å²) in [5.74, 6) is 0.161. The number of rotatable bonds is 5. The fourth-order valence-electron chi connectivity index (χ4n) is 3.28. The average molecular weight is 336 g/mol. The van der Waals surface area contributed by atoms with Crippen molar-refractivity contribution in [1.29, 1.82) is 0 Å². The van der Waals surface area contributed by atoms with E-state index >= 15 is 0 Å². The van der Waals surface area contributed by atoms with Gasteiger partial charge in [0.2, 0.25) is 5.91 Å². The molecule has 3 heterocycles. The summed E-state index contributed by atoms with van der Waals surface area (Å²) in [5, 5.41) is 6.97. The number of hydrogen-bond acceptors (Lipinski definition) is 4. The molecular weight excluding hydrogens is 312 g/mol. The molecule has 1 aromatic rings. The van der Waals surface area contributed by atoms with Crippen molar-refractivity contribution >= 4 is 23.3 Å². The molecule has 126 valence electrons. The molecular formula is C16H24N4O2S. The Kier molecular flexibility index (Phi) is 5.17. The van der Waals surface area contributed by atoms with Gasteiger partial charge in [0.1, 0.15) is 0 Å². The van der Waals surface area contributed by atoms with E-state index in [2.05, 4.69) is 21.7 Å². The molecule has 2 aliphatic heterocycles. The van der Waals surface area contributed by atoms with Gasteiger partial charge in [-0.05, 0) is 35.2 Å². The predicted molar refractivity (Wildman–Crippen MR) is 90.4 cm³/mol. The molecule has 2 fully saturated rings. The third kappa shape index (κ3) is 4.03. The molecule has 0 aromatic carbocycles. The molecule has 0 aliphatic carbocycles. The first kappa shape index (κ1) is 16.3. The second-order valence-corrected chi connectivity index (χ2v) is 7.09. The van der Waals surface area contributed by atoms with Crippen molar-refractivity contribution < 1.29 is 9.59 Å². The van der Waals surface area contributed by atoms with Gasteiger partial charge in [-0.2, -0.15) is 11.3 Å². The number of piperidine rings is 1. The number of thiophene rings is 1. The van der Waals surface area contributed by atoms with E-state index in [9.17, 15) is 9.59 Å². The van der Waals surface area contributed by atoms with Crippen LogP contribution in [0.1, 0.15) is 18.4 Å². The normalized spacial score (nSPS) is 19.9. The molecule has 6 nitrogen and oxygen atoms in total. The molecule has 23 heavy (non-hydrogen) atoms. The van der Waals surface area contributed by atoms with E-state index in [0.29, 0.717) is 19.1 Å². The van der Waals surface area contributed by atoms with Crippen molar-refractivity contribution in [1.82, 2.24) is 20.0 Å². The minimum Gasteiger partial charge on any atom is -0.340 e. The van der Waals surface area contributed by atoms with Crippen LogP contribution in [0.2, 0.25) is 0 Å². The van der Waals surface area contributed by atoms with Gasteiger partial charge in [-0.3, -0.25) is 9.69 Å². The molecule has 0 saturated carbocycles. The smallest absolute Gasteiger partial charge is 0.317 e. The second-order valence-electron chi connectivity index (χ2n) is 6.31. The molecule has 0 unspecified atom stereocenters. The number of carbonyl (C=O) groups excluding carboxylic acids is 2. The number of urea groups is 1. The lowest BCUT2D eigenvalue weighted by Gasteiger charge is -2.36. The second kappa shape index (κ2) is 7.31. The summed E-state index contributed by atoms with van der Waals surface area (Å²) in [6.45, 7) is 4.47. The maximum atomic E-state index is 12.3. The molecule has 1 aromatic heterocycles. The fraction of sp³-hybridized carbons (Fsp3) is 0.625. The molecule has 2 aliphatic rings. The van der Waals surface area contributed by atoms with Gasteiger partial charge in [0.15, 0.2) is 0 Å². The lowest BCUT2D eigenvalue weighted by Crippen LogP contribution is -2.48. The predicted octanol–water partition coefficient (Wildman–Crippen LogP) is 1.20. The number of nitrogens with zero attached hydrogens (tertiary/aromatic N) is 3. The SMILES string of the molecule is CN(Cc1ccsc1)C(=O)CN1CCC(N2CCNC2=O)CC1. The van der Waals surface area contributed by atoms with E-state index in [0.717, 1.165) is 39.0 Å². The summed E-state index contributed by atoms with van der Waals surface area (Å²) in [6, 6.07) is 2.45. The molecule has 0 radical (unpaired) electrons. The van der Waals surface area contributed by atoms with Crippen LogP contribution in [0.5, 0.6) is 0 Å². The summed E-state index contributed by atoms with van der Waals surface area (Å²) < 4.78 is 0. The number of carbonyl (C=O) groups is 2. The van der Waals surface area contributed by atoms with Gasteiger partial charge < -0.3 is 15.1 Å². The van der Waals surface area contributed by atoms with Crippen molar-refractivity contribution in [2.75, 3.05) is 39.8 Å². The van der Waals surface area contributed by atoms with E-state index in [1.54, 1.807) is 16.2 Å². The van der Waals surface area contributed by atoms with Crippen molar-refractivity contribution in [3.8, 4) is 0 Å². The highest BCUT2D eigenvalue weighted by molar-refractivity contribution is 7.07. The first-order chi connectivity index (χ1) is 11.1. The monoisotopic (exact) mass is 336 g/mol.